The van der Waals surface area contributed by atoms with Crippen LogP contribution in [0.5, 0.6) is 0 Å². The van der Waals surface area contributed by atoms with Crippen LogP contribution in [-0.2, 0) is 27.4 Å². The molecule has 90 valence electrons. The normalized spacial score (nSPS) is 18.2. The van der Waals surface area contributed by atoms with Crippen molar-refractivity contribution in [1.29, 1.82) is 0 Å². The molecule has 0 aliphatic carbocycles. The highest BCUT2D eigenvalue weighted by Gasteiger charge is 2.20. The number of fused-ring (bicyclic) bond motifs is 1. The molecule has 0 saturated carbocycles. The van der Waals surface area contributed by atoms with Crippen LogP contribution in [-0.4, -0.2) is 24.1 Å². The molecular weight excluding hydrogens is 222 g/mol. The number of rotatable bonds is 4. The van der Waals surface area contributed by atoms with Gasteiger partial charge in [-0.05, 0) is 16.7 Å². The van der Waals surface area contributed by atoms with E-state index < -0.39 is 5.97 Å². The maximum absolute atomic E-state index is 10.6. The van der Waals surface area contributed by atoms with E-state index in [1.807, 2.05) is 12.1 Å². The largest absolute Gasteiger partial charge is 0.481 e. The molecule has 0 radical (unpaired) electrons. The summed E-state index contributed by atoms with van der Waals surface area (Å²) < 4.78 is 5.35. The zero-order valence-corrected chi connectivity index (χ0v) is 9.18. The number of hydrogen-bond donors (Lipinski definition) is 2. The number of benzene rings is 1. The SMILES string of the molecule is O=CNC1COCc2cc(CC(=O)O)ccc21. The van der Waals surface area contributed by atoms with Crippen LogP contribution >= 0.6 is 0 Å². The van der Waals surface area contributed by atoms with Crippen LogP contribution in [0.25, 0.3) is 0 Å². The molecule has 0 aromatic heterocycles. The van der Waals surface area contributed by atoms with Gasteiger partial charge in [-0.1, -0.05) is 18.2 Å². The smallest absolute Gasteiger partial charge is 0.307 e. The van der Waals surface area contributed by atoms with Gasteiger partial charge in [-0.15, -0.1) is 0 Å². The van der Waals surface area contributed by atoms with Crippen molar-refractivity contribution in [2.75, 3.05) is 6.61 Å². The second-order valence-corrected chi connectivity index (χ2v) is 3.96. The van der Waals surface area contributed by atoms with E-state index in [2.05, 4.69) is 5.32 Å². The predicted octanol–water partition coefficient (Wildman–Crippen LogP) is 0.631. The van der Waals surface area contributed by atoms with Gasteiger partial charge in [0.25, 0.3) is 0 Å². The number of nitrogens with one attached hydrogen (secondary N) is 1. The maximum atomic E-state index is 10.6. The minimum Gasteiger partial charge on any atom is -0.481 e. The first-order valence-electron chi connectivity index (χ1n) is 5.31. The topological polar surface area (TPSA) is 75.6 Å². The highest BCUT2D eigenvalue weighted by Crippen LogP contribution is 2.25. The van der Waals surface area contributed by atoms with Crippen molar-refractivity contribution in [3.8, 4) is 0 Å². The minimum atomic E-state index is -0.857. The molecule has 1 aliphatic heterocycles. The Morgan fingerprint density at radius 2 is 2.41 bits per heavy atom. The Labute approximate surface area is 98.4 Å². The van der Waals surface area contributed by atoms with Gasteiger partial charge in [0.15, 0.2) is 0 Å². The highest BCUT2D eigenvalue weighted by molar-refractivity contribution is 5.70. The molecule has 2 N–H and O–H groups in total. The second kappa shape index (κ2) is 4.97. The van der Waals surface area contributed by atoms with Gasteiger partial charge >= 0.3 is 5.97 Å². The third-order valence-electron chi connectivity index (χ3n) is 2.75. The van der Waals surface area contributed by atoms with E-state index in [0.717, 1.165) is 16.7 Å². The van der Waals surface area contributed by atoms with E-state index in [-0.39, 0.29) is 12.5 Å². The van der Waals surface area contributed by atoms with Gasteiger partial charge in [0.05, 0.1) is 25.7 Å². The average molecular weight is 235 g/mol. The van der Waals surface area contributed by atoms with Crippen molar-refractivity contribution in [3.63, 3.8) is 0 Å². The molecule has 1 unspecified atom stereocenters. The third-order valence-corrected chi connectivity index (χ3v) is 2.75. The van der Waals surface area contributed by atoms with Crippen LogP contribution in [0, 0.1) is 0 Å². The summed E-state index contributed by atoms with van der Waals surface area (Å²) in [4.78, 5) is 21.1. The fourth-order valence-corrected chi connectivity index (χ4v) is 2.01. The van der Waals surface area contributed by atoms with Gasteiger partial charge in [0, 0.05) is 0 Å². The summed E-state index contributed by atoms with van der Waals surface area (Å²) in [6.07, 6.45) is 0.646. The number of amides is 1. The predicted molar refractivity (Wildman–Crippen MR) is 59.4 cm³/mol. The molecule has 5 heteroatoms. The van der Waals surface area contributed by atoms with Crippen molar-refractivity contribution in [2.24, 2.45) is 0 Å². The Morgan fingerprint density at radius 3 is 3.12 bits per heavy atom. The minimum absolute atomic E-state index is 0.000937. The van der Waals surface area contributed by atoms with E-state index in [0.29, 0.717) is 19.6 Å². The summed E-state index contributed by atoms with van der Waals surface area (Å²) in [5.41, 5.74) is 2.68. The molecule has 0 spiro atoms. The number of hydrogen-bond acceptors (Lipinski definition) is 3. The second-order valence-electron chi connectivity index (χ2n) is 3.96. The van der Waals surface area contributed by atoms with Crippen molar-refractivity contribution in [2.45, 2.75) is 19.1 Å². The van der Waals surface area contributed by atoms with Gasteiger partial charge < -0.3 is 15.2 Å². The fraction of sp³-hybridized carbons (Fsp3) is 0.333. The quantitative estimate of drug-likeness (QED) is 0.750. The number of ether oxygens (including phenoxy) is 1. The first kappa shape index (κ1) is 11.6. The summed E-state index contributed by atoms with van der Waals surface area (Å²) in [7, 11) is 0. The first-order valence-corrected chi connectivity index (χ1v) is 5.31. The Kier molecular flexibility index (Phi) is 3.39. The van der Waals surface area contributed by atoms with Crippen molar-refractivity contribution in [1.82, 2.24) is 5.32 Å². The number of carboxylic acid groups (broad SMARTS) is 1. The summed E-state index contributed by atoms with van der Waals surface area (Å²) in [5.74, 6) is -0.857. The summed E-state index contributed by atoms with van der Waals surface area (Å²) in [6.45, 7) is 0.907. The van der Waals surface area contributed by atoms with Crippen LogP contribution in [0.15, 0.2) is 18.2 Å². The number of aliphatic carboxylic acids is 1. The van der Waals surface area contributed by atoms with E-state index in [1.54, 1.807) is 6.07 Å². The molecule has 0 fully saturated rings. The van der Waals surface area contributed by atoms with E-state index in [9.17, 15) is 9.59 Å². The maximum Gasteiger partial charge on any atom is 0.307 e. The monoisotopic (exact) mass is 235 g/mol. The molecule has 1 aromatic carbocycles. The molecule has 17 heavy (non-hydrogen) atoms. The molecule has 1 aromatic rings. The first-order chi connectivity index (χ1) is 8.20. The summed E-state index contributed by atoms with van der Waals surface area (Å²) in [5, 5.41) is 11.4. The Morgan fingerprint density at radius 1 is 1.59 bits per heavy atom. The van der Waals surface area contributed by atoms with E-state index in [1.165, 1.54) is 0 Å². The van der Waals surface area contributed by atoms with Crippen molar-refractivity contribution >= 4 is 12.4 Å². The van der Waals surface area contributed by atoms with Crippen LogP contribution in [0.4, 0.5) is 0 Å². The Bertz CT molecular complexity index is 444. The van der Waals surface area contributed by atoms with Crippen LogP contribution in [0.1, 0.15) is 22.7 Å². The Hall–Kier alpha value is -1.88. The zero-order valence-electron chi connectivity index (χ0n) is 9.18. The van der Waals surface area contributed by atoms with Gasteiger partial charge in [0.1, 0.15) is 0 Å². The molecule has 2 rings (SSSR count). The van der Waals surface area contributed by atoms with Crippen LogP contribution in [0.2, 0.25) is 0 Å². The molecule has 1 atom stereocenters. The summed E-state index contributed by atoms with van der Waals surface area (Å²) >= 11 is 0. The summed E-state index contributed by atoms with van der Waals surface area (Å²) in [6, 6.07) is 5.31. The van der Waals surface area contributed by atoms with Crippen molar-refractivity contribution < 1.29 is 19.4 Å². The molecular formula is C12H13NO4. The molecule has 1 heterocycles. The van der Waals surface area contributed by atoms with Gasteiger partial charge in [-0.3, -0.25) is 9.59 Å². The number of carboxylic acids is 1. The van der Waals surface area contributed by atoms with Crippen molar-refractivity contribution in [3.05, 3.63) is 34.9 Å². The molecule has 1 aliphatic rings. The molecule has 5 nitrogen and oxygen atoms in total. The number of carbonyl (C=O) groups is 2. The van der Waals surface area contributed by atoms with E-state index >= 15 is 0 Å². The standard InChI is InChI=1S/C12H13NO4/c14-7-13-11-6-17-5-9-3-8(4-12(15)16)1-2-10(9)11/h1-3,7,11H,4-6H2,(H,13,14)(H,15,16). The Balaban J connectivity index is 2.26. The highest BCUT2D eigenvalue weighted by atomic mass is 16.5. The van der Waals surface area contributed by atoms with Gasteiger partial charge in [0.2, 0.25) is 6.41 Å². The molecule has 0 saturated heterocycles. The molecule has 1 amide bonds. The van der Waals surface area contributed by atoms with Gasteiger partial charge in [-0.2, -0.15) is 0 Å². The lowest BCUT2D eigenvalue weighted by Crippen LogP contribution is -2.28. The van der Waals surface area contributed by atoms with Crippen LogP contribution in [0.3, 0.4) is 0 Å². The van der Waals surface area contributed by atoms with Crippen LogP contribution < -0.4 is 5.32 Å². The fourth-order valence-electron chi connectivity index (χ4n) is 2.01. The molecule has 0 bridgehead atoms. The van der Waals surface area contributed by atoms with E-state index in [4.69, 9.17) is 9.84 Å². The average Bonchev–Trinajstić information content (AvgIpc) is 2.28. The number of carbonyl (C=O) groups excluding carboxylic acids is 1. The van der Waals surface area contributed by atoms with Gasteiger partial charge in [-0.25, -0.2) is 0 Å². The lowest BCUT2D eigenvalue weighted by atomic mass is 9.96. The zero-order chi connectivity index (χ0) is 12.3. The lowest BCUT2D eigenvalue weighted by molar-refractivity contribution is -0.136. The lowest BCUT2D eigenvalue weighted by Gasteiger charge is -2.25. The third kappa shape index (κ3) is 2.62.